The Morgan fingerprint density at radius 3 is 1.97 bits per heavy atom. The SMILES string of the molecule is Cc1cccc(C[C@@H](NC(=O)[C@H](Cc2ccccc2)NC(=O)OCc2ccccc2)C(=O)O)c1. The third kappa shape index (κ3) is 7.78. The summed E-state index contributed by atoms with van der Waals surface area (Å²) in [6.07, 6.45) is -0.450. The van der Waals surface area contributed by atoms with E-state index in [-0.39, 0.29) is 19.4 Å². The lowest BCUT2D eigenvalue weighted by Gasteiger charge is -2.22. The maximum atomic E-state index is 13.1. The van der Waals surface area contributed by atoms with E-state index in [9.17, 15) is 19.5 Å². The van der Waals surface area contributed by atoms with E-state index >= 15 is 0 Å². The molecule has 176 valence electrons. The molecular weight excluding hydrogens is 432 g/mol. The normalized spacial score (nSPS) is 12.3. The fourth-order valence-electron chi connectivity index (χ4n) is 3.51. The maximum Gasteiger partial charge on any atom is 0.408 e. The molecule has 0 aliphatic heterocycles. The molecular formula is C27H28N2O5. The average Bonchev–Trinajstić information content (AvgIpc) is 2.83. The van der Waals surface area contributed by atoms with Crippen molar-refractivity contribution in [3.05, 3.63) is 107 Å². The minimum atomic E-state index is -1.15. The van der Waals surface area contributed by atoms with Crippen LogP contribution in [0.5, 0.6) is 0 Å². The van der Waals surface area contributed by atoms with E-state index in [0.29, 0.717) is 0 Å². The van der Waals surface area contributed by atoms with Crippen LogP contribution in [-0.2, 0) is 33.8 Å². The summed E-state index contributed by atoms with van der Waals surface area (Å²) in [5, 5.41) is 14.9. The van der Waals surface area contributed by atoms with Gasteiger partial charge in [-0.05, 0) is 23.6 Å². The minimum Gasteiger partial charge on any atom is -0.480 e. The average molecular weight is 461 g/mol. The molecule has 0 aliphatic carbocycles. The summed E-state index contributed by atoms with van der Waals surface area (Å²) < 4.78 is 5.26. The number of carbonyl (C=O) groups is 3. The molecule has 0 heterocycles. The van der Waals surface area contributed by atoms with Gasteiger partial charge in [-0.3, -0.25) is 4.79 Å². The fraction of sp³-hybridized carbons (Fsp3) is 0.222. The number of benzene rings is 3. The van der Waals surface area contributed by atoms with Crippen molar-refractivity contribution in [3.8, 4) is 0 Å². The number of hydrogen-bond donors (Lipinski definition) is 3. The van der Waals surface area contributed by atoms with Crippen molar-refractivity contribution in [1.29, 1.82) is 0 Å². The number of aliphatic carboxylic acids is 1. The van der Waals surface area contributed by atoms with E-state index in [4.69, 9.17) is 4.74 Å². The highest BCUT2D eigenvalue weighted by Gasteiger charge is 2.27. The zero-order valence-corrected chi connectivity index (χ0v) is 18.9. The van der Waals surface area contributed by atoms with Crippen LogP contribution in [0.15, 0.2) is 84.9 Å². The van der Waals surface area contributed by atoms with Crippen LogP contribution in [-0.4, -0.2) is 35.2 Å². The van der Waals surface area contributed by atoms with Gasteiger partial charge in [-0.2, -0.15) is 0 Å². The summed E-state index contributed by atoms with van der Waals surface area (Å²) >= 11 is 0. The monoisotopic (exact) mass is 460 g/mol. The van der Waals surface area contributed by atoms with Crippen molar-refractivity contribution in [2.75, 3.05) is 0 Å². The summed E-state index contributed by atoms with van der Waals surface area (Å²) in [6.45, 7) is 1.97. The highest BCUT2D eigenvalue weighted by Crippen LogP contribution is 2.09. The van der Waals surface area contributed by atoms with E-state index in [1.165, 1.54) is 0 Å². The molecule has 7 heteroatoms. The van der Waals surface area contributed by atoms with Gasteiger partial charge in [0, 0.05) is 12.8 Å². The molecule has 2 atom stereocenters. The Labute approximate surface area is 198 Å². The second-order valence-electron chi connectivity index (χ2n) is 8.04. The summed E-state index contributed by atoms with van der Waals surface area (Å²) in [5.74, 6) is -1.75. The zero-order chi connectivity index (χ0) is 24.3. The van der Waals surface area contributed by atoms with E-state index in [1.807, 2.05) is 91.9 Å². The Bertz CT molecular complexity index is 1100. The van der Waals surface area contributed by atoms with Crippen LogP contribution in [0, 0.1) is 6.92 Å². The molecule has 0 aliphatic rings. The largest absolute Gasteiger partial charge is 0.480 e. The van der Waals surface area contributed by atoms with Gasteiger partial charge in [-0.1, -0.05) is 90.5 Å². The molecule has 0 saturated heterocycles. The Kier molecular flexibility index (Phi) is 8.80. The number of amides is 2. The number of aryl methyl sites for hydroxylation is 1. The van der Waals surface area contributed by atoms with Gasteiger partial charge in [0.05, 0.1) is 0 Å². The van der Waals surface area contributed by atoms with E-state index in [1.54, 1.807) is 0 Å². The predicted molar refractivity (Wildman–Crippen MR) is 128 cm³/mol. The summed E-state index contributed by atoms with van der Waals surface area (Å²) in [4.78, 5) is 37.4. The quantitative estimate of drug-likeness (QED) is 0.428. The van der Waals surface area contributed by atoms with Gasteiger partial charge in [0.2, 0.25) is 5.91 Å². The van der Waals surface area contributed by atoms with Crippen molar-refractivity contribution in [1.82, 2.24) is 10.6 Å². The van der Waals surface area contributed by atoms with Gasteiger partial charge < -0.3 is 20.5 Å². The molecule has 0 aromatic heterocycles. The van der Waals surface area contributed by atoms with Gasteiger partial charge in [-0.25, -0.2) is 9.59 Å². The van der Waals surface area contributed by atoms with Gasteiger partial charge in [-0.15, -0.1) is 0 Å². The minimum absolute atomic E-state index is 0.0530. The van der Waals surface area contributed by atoms with Crippen molar-refractivity contribution >= 4 is 18.0 Å². The number of alkyl carbamates (subject to hydrolysis) is 1. The van der Waals surface area contributed by atoms with Crippen molar-refractivity contribution in [2.24, 2.45) is 0 Å². The summed E-state index contributed by atoms with van der Waals surface area (Å²) in [5.41, 5.74) is 3.42. The summed E-state index contributed by atoms with van der Waals surface area (Å²) in [7, 11) is 0. The number of carbonyl (C=O) groups excluding carboxylic acids is 2. The Balaban J connectivity index is 1.69. The third-order valence-electron chi connectivity index (χ3n) is 5.24. The van der Waals surface area contributed by atoms with E-state index < -0.39 is 30.1 Å². The first-order chi connectivity index (χ1) is 16.4. The number of rotatable bonds is 10. The topological polar surface area (TPSA) is 105 Å². The fourth-order valence-corrected chi connectivity index (χ4v) is 3.51. The van der Waals surface area contributed by atoms with Crippen LogP contribution < -0.4 is 10.6 Å². The maximum absolute atomic E-state index is 13.1. The van der Waals surface area contributed by atoms with Gasteiger partial charge in [0.25, 0.3) is 0 Å². The van der Waals surface area contributed by atoms with Crippen LogP contribution in [0.25, 0.3) is 0 Å². The second-order valence-corrected chi connectivity index (χ2v) is 8.04. The van der Waals surface area contributed by atoms with Crippen LogP contribution >= 0.6 is 0 Å². The molecule has 0 spiro atoms. The first-order valence-corrected chi connectivity index (χ1v) is 11.0. The lowest BCUT2D eigenvalue weighted by molar-refractivity contribution is -0.142. The van der Waals surface area contributed by atoms with Crippen LogP contribution in [0.1, 0.15) is 22.3 Å². The predicted octanol–water partition coefficient (Wildman–Crippen LogP) is 3.64. The van der Waals surface area contributed by atoms with Crippen LogP contribution in [0.3, 0.4) is 0 Å². The Morgan fingerprint density at radius 1 is 0.765 bits per heavy atom. The van der Waals surface area contributed by atoms with E-state index in [0.717, 1.165) is 22.3 Å². The molecule has 0 radical (unpaired) electrons. The molecule has 0 saturated carbocycles. The molecule has 3 aromatic rings. The molecule has 0 bridgehead atoms. The molecule has 0 fully saturated rings. The lowest BCUT2D eigenvalue weighted by atomic mass is 10.0. The van der Waals surface area contributed by atoms with Crippen LogP contribution in [0.2, 0.25) is 0 Å². The lowest BCUT2D eigenvalue weighted by Crippen LogP contribution is -2.53. The Hall–Kier alpha value is -4.13. The number of carboxylic acid groups (broad SMARTS) is 1. The van der Waals surface area contributed by atoms with Crippen molar-refractivity contribution in [3.63, 3.8) is 0 Å². The van der Waals surface area contributed by atoms with Crippen LogP contribution in [0.4, 0.5) is 4.79 Å². The van der Waals surface area contributed by atoms with Gasteiger partial charge >= 0.3 is 12.1 Å². The molecule has 0 unspecified atom stereocenters. The third-order valence-corrected chi connectivity index (χ3v) is 5.24. The molecule has 34 heavy (non-hydrogen) atoms. The first-order valence-electron chi connectivity index (χ1n) is 11.0. The molecule has 3 rings (SSSR count). The second kappa shape index (κ2) is 12.2. The molecule has 2 amide bonds. The smallest absolute Gasteiger partial charge is 0.408 e. The number of nitrogens with one attached hydrogen (secondary N) is 2. The number of carboxylic acids is 1. The number of hydrogen-bond acceptors (Lipinski definition) is 4. The van der Waals surface area contributed by atoms with Crippen molar-refractivity contribution in [2.45, 2.75) is 38.5 Å². The standard InChI is InChI=1S/C27H28N2O5/c1-19-9-8-14-22(15-19)17-24(26(31)32)28-25(30)23(16-20-10-4-2-5-11-20)29-27(33)34-18-21-12-6-3-7-13-21/h2-15,23-24H,16-18H2,1H3,(H,28,30)(H,29,33)(H,31,32)/t23-,24+/m0/s1. The first kappa shape index (κ1) is 24.5. The summed E-state index contributed by atoms with van der Waals surface area (Å²) in [6, 6.07) is 23.6. The molecule has 3 N–H and O–H groups in total. The van der Waals surface area contributed by atoms with E-state index in [2.05, 4.69) is 10.6 Å². The number of ether oxygens (including phenoxy) is 1. The van der Waals surface area contributed by atoms with Crippen molar-refractivity contribution < 1.29 is 24.2 Å². The molecule has 7 nitrogen and oxygen atoms in total. The van der Waals surface area contributed by atoms with Gasteiger partial charge in [0.1, 0.15) is 18.7 Å². The van der Waals surface area contributed by atoms with Gasteiger partial charge in [0.15, 0.2) is 0 Å². The zero-order valence-electron chi connectivity index (χ0n) is 18.9. The highest BCUT2D eigenvalue weighted by atomic mass is 16.5. The molecule has 3 aromatic carbocycles. The highest BCUT2D eigenvalue weighted by molar-refractivity contribution is 5.89. The Morgan fingerprint density at radius 2 is 1.35 bits per heavy atom.